The lowest BCUT2D eigenvalue weighted by molar-refractivity contribution is 0.339. The van der Waals surface area contributed by atoms with Crippen molar-refractivity contribution in [2.45, 2.75) is 6.92 Å². The molecule has 0 saturated heterocycles. The van der Waals surface area contributed by atoms with E-state index in [2.05, 4.69) is 6.92 Å². The van der Waals surface area contributed by atoms with Gasteiger partial charge in [0.05, 0.1) is 0 Å². The summed E-state index contributed by atoms with van der Waals surface area (Å²) in [5, 5.41) is 16.3. The first-order chi connectivity index (χ1) is 2.64. The van der Waals surface area contributed by atoms with Gasteiger partial charge < -0.3 is 10.2 Å². The monoisotopic (exact) mass is 87.0 g/mol. The van der Waals surface area contributed by atoms with E-state index < -0.39 is 0 Å². The SMILES string of the molecule is [CH2]C(O)=C(C)O. The van der Waals surface area contributed by atoms with Gasteiger partial charge in [0, 0.05) is 6.92 Å². The minimum atomic E-state index is -0.269. The minimum Gasteiger partial charge on any atom is -0.509 e. The third-order valence-electron chi connectivity index (χ3n) is 0.418. The molecule has 0 heterocycles. The zero-order valence-electron chi connectivity index (χ0n) is 3.60. The summed E-state index contributed by atoms with van der Waals surface area (Å²) in [4.78, 5) is 0. The zero-order valence-corrected chi connectivity index (χ0v) is 3.60. The van der Waals surface area contributed by atoms with Gasteiger partial charge >= 0.3 is 0 Å². The molecule has 2 nitrogen and oxygen atoms in total. The van der Waals surface area contributed by atoms with Gasteiger partial charge in [-0.3, -0.25) is 0 Å². The summed E-state index contributed by atoms with van der Waals surface area (Å²) in [5.41, 5.74) is 0. The first kappa shape index (κ1) is 5.34. The van der Waals surface area contributed by atoms with Crippen LogP contribution >= 0.6 is 0 Å². The van der Waals surface area contributed by atoms with Crippen LogP contribution in [0, 0.1) is 6.92 Å². The molecule has 0 aromatic rings. The van der Waals surface area contributed by atoms with Crippen LogP contribution in [0.4, 0.5) is 0 Å². The van der Waals surface area contributed by atoms with Crippen LogP contribution in [0.2, 0.25) is 0 Å². The molecule has 2 heteroatoms. The number of hydrogen-bond donors (Lipinski definition) is 2. The fraction of sp³-hybridized carbons (Fsp3) is 0.250. The van der Waals surface area contributed by atoms with Gasteiger partial charge in [0.2, 0.25) is 0 Å². The van der Waals surface area contributed by atoms with Crippen LogP contribution in [0.5, 0.6) is 0 Å². The van der Waals surface area contributed by atoms with Crippen LogP contribution in [-0.2, 0) is 0 Å². The molecule has 0 bridgehead atoms. The lowest BCUT2D eigenvalue weighted by Crippen LogP contribution is -1.76. The Balaban J connectivity index is 3.68. The van der Waals surface area contributed by atoms with Gasteiger partial charge in [0.1, 0.15) is 11.5 Å². The van der Waals surface area contributed by atoms with Crippen LogP contribution in [0.25, 0.3) is 0 Å². The van der Waals surface area contributed by atoms with Crippen LogP contribution in [0.1, 0.15) is 6.92 Å². The molecule has 0 aliphatic rings. The van der Waals surface area contributed by atoms with Gasteiger partial charge in [-0.2, -0.15) is 0 Å². The third kappa shape index (κ3) is 1.64. The molecule has 6 heavy (non-hydrogen) atoms. The van der Waals surface area contributed by atoms with Crippen molar-refractivity contribution in [1.29, 1.82) is 0 Å². The van der Waals surface area contributed by atoms with Gasteiger partial charge in [-0.25, -0.2) is 0 Å². The highest BCUT2D eigenvalue weighted by Gasteiger charge is 1.82. The molecular formula is C4H7O2. The highest BCUT2D eigenvalue weighted by atomic mass is 16.3. The molecule has 0 unspecified atom stereocenters. The largest absolute Gasteiger partial charge is 0.509 e. The Bertz CT molecular complexity index is 55.6. The van der Waals surface area contributed by atoms with E-state index in [1.54, 1.807) is 0 Å². The van der Waals surface area contributed by atoms with Gasteiger partial charge in [0.25, 0.3) is 0 Å². The van der Waals surface area contributed by atoms with Crippen LogP contribution < -0.4 is 0 Å². The molecule has 0 aliphatic carbocycles. The molecule has 0 aliphatic heterocycles. The molecule has 0 aromatic carbocycles. The van der Waals surface area contributed by atoms with Crippen molar-refractivity contribution in [3.05, 3.63) is 18.4 Å². The van der Waals surface area contributed by atoms with E-state index in [1.807, 2.05) is 0 Å². The topological polar surface area (TPSA) is 40.5 Å². The summed E-state index contributed by atoms with van der Waals surface area (Å²) >= 11 is 0. The third-order valence-corrected chi connectivity index (χ3v) is 0.418. The summed E-state index contributed by atoms with van der Waals surface area (Å²) in [7, 11) is 0. The van der Waals surface area contributed by atoms with E-state index in [0.29, 0.717) is 0 Å². The Kier molecular flexibility index (Phi) is 1.51. The summed E-state index contributed by atoms with van der Waals surface area (Å²) in [6.45, 7) is 4.39. The molecule has 0 rings (SSSR count). The average molecular weight is 87.1 g/mol. The minimum absolute atomic E-state index is 0.130. The second kappa shape index (κ2) is 1.70. The average Bonchev–Trinajstić information content (AvgIpc) is 1.36. The highest BCUT2D eigenvalue weighted by Crippen LogP contribution is 1.89. The van der Waals surface area contributed by atoms with Crippen LogP contribution in [-0.4, -0.2) is 10.2 Å². The fourth-order valence-electron chi connectivity index (χ4n) is 0. The Morgan fingerprint density at radius 3 is 1.67 bits per heavy atom. The van der Waals surface area contributed by atoms with E-state index in [-0.39, 0.29) is 11.5 Å². The van der Waals surface area contributed by atoms with Gasteiger partial charge in [-0.15, -0.1) is 0 Å². The van der Waals surface area contributed by atoms with Crippen molar-refractivity contribution in [2.24, 2.45) is 0 Å². The Morgan fingerprint density at radius 1 is 1.50 bits per heavy atom. The Morgan fingerprint density at radius 2 is 1.67 bits per heavy atom. The van der Waals surface area contributed by atoms with Gasteiger partial charge in [0.15, 0.2) is 0 Å². The van der Waals surface area contributed by atoms with Crippen molar-refractivity contribution in [2.75, 3.05) is 0 Å². The maximum Gasteiger partial charge on any atom is 0.130 e. The molecule has 0 aromatic heterocycles. The number of allylic oxidation sites excluding steroid dienone is 2. The predicted octanol–water partition coefficient (Wildman–Crippen LogP) is 1.17. The van der Waals surface area contributed by atoms with E-state index in [0.717, 1.165) is 0 Å². The predicted molar refractivity (Wildman–Crippen MR) is 23.3 cm³/mol. The standard InChI is InChI=1S/C4H7O2/c1-3(5)4(2)6/h5-6H,1H2,2H3. The maximum absolute atomic E-state index is 8.20. The normalized spacial score (nSPS) is 13.7. The summed E-state index contributed by atoms with van der Waals surface area (Å²) in [5.74, 6) is -0.398. The van der Waals surface area contributed by atoms with Crippen molar-refractivity contribution < 1.29 is 10.2 Å². The highest BCUT2D eigenvalue weighted by molar-refractivity contribution is 4.96. The van der Waals surface area contributed by atoms with E-state index in [1.165, 1.54) is 6.92 Å². The Labute approximate surface area is 36.7 Å². The molecule has 1 radical (unpaired) electrons. The molecule has 0 saturated carbocycles. The molecule has 0 amide bonds. The zero-order chi connectivity index (χ0) is 5.15. The van der Waals surface area contributed by atoms with Crippen molar-refractivity contribution in [1.82, 2.24) is 0 Å². The number of aliphatic hydroxyl groups excluding tert-OH is 2. The van der Waals surface area contributed by atoms with E-state index >= 15 is 0 Å². The molecule has 0 atom stereocenters. The molecule has 0 spiro atoms. The van der Waals surface area contributed by atoms with Crippen molar-refractivity contribution in [3.8, 4) is 0 Å². The Hall–Kier alpha value is -0.660. The van der Waals surface area contributed by atoms with Gasteiger partial charge in [-0.05, 0) is 6.92 Å². The molecule has 2 N–H and O–H groups in total. The van der Waals surface area contributed by atoms with E-state index in [9.17, 15) is 0 Å². The number of hydrogen-bond acceptors (Lipinski definition) is 2. The van der Waals surface area contributed by atoms with Crippen molar-refractivity contribution in [3.63, 3.8) is 0 Å². The number of aliphatic hydroxyl groups is 2. The summed E-state index contributed by atoms with van der Waals surface area (Å²) in [6, 6.07) is 0. The first-order valence-electron chi connectivity index (χ1n) is 1.55. The second-order valence-electron chi connectivity index (χ2n) is 1.03. The fourth-order valence-corrected chi connectivity index (χ4v) is 0. The molecular weight excluding hydrogens is 80.0 g/mol. The lowest BCUT2D eigenvalue weighted by Gasteiger charge is -1.86. The van der Waals surface area contributed by atoms with E-state index in [4.69, 9.17) is 10.2 Å². The van der Waals surface area contributed by atoms with Crippen LogP contribution in [0.3, 0.4) is 0 Å². The smallest absolute Gasteiger partial charge is 0.130 e. The quantitative estimate of drug-likeness (QED) is 0.435. The maximum atomic E-state index is 8.20. The molecule has 35 valence electrons. The summed E-state index contributed by atoms with van der Waals surface area (Å²) < 4.78 is 0. The first-order valence-corrected chi connectivity index (χ1v) is 1.55. The lowest BCUT2D eigenvalue weighted by atomic mass is 10.5. The van der Waals surface area contributed by atoms with Crippen molar-refractivity contribution >= 4 is 0 Å². The van der Waals surface area contributed by atoms with Gasteiger partial charge in [-0.1, -0.05) is 0 Å². The number of rotatable bonds is 0. The second-order valence-corrected chi connectivity index (χ2v) is 1.03. The molecule has 0 fully saturated rings. The van der Waals surface area contributed by atoms with Crippen LogP contribution in [0.15, 0.2) is 11.5 Å². The summed E-state index contributed by atoms with van der Waals surface area (Å²) in [6.07, 6.45) is 0.